The second-order valence-electron chi connectivity index (χ2n) is 5.97. The Kier molecular flexibility index (Phi) is 5.81. The minimum Gasteiger partial charge on any atom is -0.481 e. The Hall–Kier alpha value is -1.34. The van der Waals surface area contributed by atoms with Crippen molar-refractivity contribution in [2.45, 2.75) is 38.3 Å². The fourth-order valence-electron chi connectivity index (χ4n) is 2.95. The van der Waals surface area contributed by atoms with E-state index >= 15 is 0 Å². The van der Waals surface area contributed by atoms with E-state index in [2.05, 4.69) is 15.5 Å². The van der Waals surface area contributed by atoms with Crippen LogP contribution in [0.25, 0.3) is 0 Å². The first-order valence-corrected chi connectivity index (χ1v) is 7.66. The third-order valence-corrected chi connectivity index (χ3v) is 4.07. The van der Waals surface area contributed by atoms with Crippen molar-refractivity contribution >= 4 is 12.0 Å². The summed E-state index contributed by atoms with van der Waals surface area (Å²) in [6, 6.07) is -0.736. The van der Waals surface area contributed by atoms with E-state index in [1.807, 2.05) is 6.92 Å². The predicted molar refractivity (Wildman–Crippen MR) is 77.2 cm³/mol. The van der Waals surface area contributed by atoms with Crippen molar-refractivity contribution < 1.29 is 19.4 Å². The van der Waals surface area contributed by atoms with Crippen LogP contribution in [0.2, 0.25) is 0 Å². The van der Waals surface area contributed by atoms with Gasteiger partial charge in [0.2, 0.25) is 0 Å². The molecule has 21 heavy (non-hydrogen) atoms. The summed E-state index contributed by atoms with van der Waals surface area (Å²) in [6.45, 7) is 5.38. The number of ether oxygens (including phenoxy) is 1. The van der Waals surface area contributed by atoms with Crippen LogP contribution in [0, 0.1) is 5.92 Å². The molecule has 0 spiro atoms. The SMILES string of the molecule is CC(CN1CCCCC1)NC(=O)NC1COCC1C(=O)O. The molecule has 0 saturated carbocycles. The summed E-state index contributed by atoms with van der Waals surface area (Å²) in [6.07, 6.45) is 3.73. The summed E-state index contributed by atoms with van der Waals surface area (Å²) in [5.41, 5.74) is 0. The minimum atomic E-state index is -0.931. The lowest BCUT2D eigenvalue weighted by Crippen LogP contribution is -2.51. The van der Waals surface area contributed by atoms with E-state index in [1.54, 1.807) is 0 Å². The largest absolute Gasteiger partial charge is 0.481 e. The van der Waals surface area contributed by atoms with E-state index in [0.29, 0.717) is 0 Å². The zero-order chi connectivity index (χ0) is 15.2. The van der Waals surface area contributed by atoms with Crippen LogP contribution in [0.1, 0.15) is 26.2 Å². The molecule has 0 aliphatic carbocycles. The fraction of sp³-hybridized carbons (Fsp3) is 0.857. The second kappa shape index (κ2) is 7.61. The highest BCUT2D eigenvalue weighted by Crippen LogP contribution is 2.13. The van der Waals surface area contributed by atoms with Crippen LogP contribution in [0.3, 0.4) is 0 Å². The molecule has 2 aliphatic rings. The Labute approximate surface area is 125 Å². The molecular formula is C14H25N3O4. The molecule has 7 nitrogen and oxygen atoms in total. The molecular weight excluding hydrogens is 274 g/mol. The van der Waals surface area contributed by atoms with Gasteiger partial charge in [0.1, 0.15) is 5.92 Å². The van der Waals surface area contributed by atoms with Crippen molar-refractivity contribution in [3.63, 3.8) is 0 Å². The number of nitrogens with zero attached hydrogens (tertiary/aromatic N) is 1. The lowest BCUT2D eigenvalue weighted by Gasteiger charge is -2.29. The normalized spacial score (nSPS) is 28.0. The lowest BCUT2D eigenvalue weighted by atomic mass is 10.0. The van der Waals surface area contributed by atoms with Crippen molar-refractivity contribution in [2.24, 2.45) is 5.92 Å². The van der Waals surface area contributed by atoms with Crippen molar-refractivity contribution in [1.82, 2.24) is 15.5 Å². The number of likely N-dealkylation sites (tertiary alicyclic amines) is 1. The van der Waals surface area contributed by atoms with Gasteiger partial charge in [-0.3, -0.25) is 4.79 Å². The highest BCUT2D eigenvalue weighted by molar-refractivity contribution is 5.77. The number of urea groups is 1. The number of carboxylic acid groups (broad SMARTS) is 1. The molecule has 0 aromatic rings. The molecule has 0 aromatic carbocycles. The van der Waals surface area contributed by atoms with E-state index in [1.165, 1.54) is 19.3 Å². The molecule has 0 radical (unpaired) electrons. The zero-order valence-electron chi connectivity index (χ0n) is 12.5. The molecule has 120 valence electrons. The maximum atomic E-state index is 11.9. The first-order chi connectivity index (χ1) is 10.1. The van der Waals surface area contributed by atoms with Crippen molar-refractivity contribution in [1.29, 1.82) is 0 Å². The highest BCUT2D eigenvalue weighted by atomic mass is 16.5. The summed E-state index contributed by atoms with van der Waals surface area (Å²) < 4.78 is 5.13. The van der Waals surface area contributed by atoms with E-state index < -0.39 is 17.9 Å². The summed E-state index contributed by atoms with van der Waals surface area (Å²) in [5.74, 6) is -1.59. The molecule has 2 heterocycles. The van der Waals surface area contributed by atoms with Crippen LogP contribution in [-0.2, 0) is 9.53 Å². The smallest absolute Gasteiger partial charge is 0.315 e. The molecule has 0 bridgehead atoms. The van der Waals surface area contributed by atoms with Gasteiger partial charge in [0.25, 0.3) is 0 Å². The lowest BCUT2D eigenvalue weighted by molar-refractivity contribution is -0.142. The number of carboxylic acids is 1. The molecule has 7 heteroatoms. The average molecular weight is 299 g/mol. The van der Waals surface area contributed by atoms with Gasteiger partial charge in [0, 0.05) is 12.6 Å². The van der Waals surface area contributed by atoms with Crippen LogP contribution < -0.4 is 10.6 Å². The number of rotatable bonds is 5. The van der Waals surface area contributed by atoms with Crippen LogP contribution >= 0.6 is 0 Å². The Balaban J connectivity index is 1.71. The van der Waals surface area contributed by atoms with Gasteiger partial charge in [-0.15, -0.1) is 0 Å². The van der Waals surface area contributed by atoms with E-state index in [9.17, 15) is 9.59 Å². The molecule has 2 aliphatic heterocycles. The van der Waals surface area contributed by atoms with Gasteiger partial charge in [-0.25, -0.2) is 4.79 Å². The number of carbonyl (C=O) groups excluding carboxylic acids is 1. The summed E-state index contributed by atoms with van der Waals surface area (Å²) in [7, 11) is 0. The van der Waals surface area contributed by atoms with Crippen LogP contribution in [0.15, 0.2) is 0 Å². The average Bonchev–Trinajstić information content (AvgIpc) is 2.87. The first kappa shape index (κ1) is 16.0. The number of hydrogen-bond acceptors (Lipinski definition) is 4. The summed E-state index contributed by atoms with van der Waals surface area (Å²) >= 11 is 0. The van der Waals surface area contributed by atoms with Gasteiger partial charge in [-0.05, 0) is 32.9 Å². The maximum Gasteiger partial charge on any atom is 0.315 e. The summed E-state index contributed by atoms with van der Waals surface area (Å²) in [5, 5.41) is 14.6. The minimum absolute atomic E-state index is 0.0358. The summed E-state index contributed by atoms with van der Waals surface area (Å²) in [4.78, 5) is 25.3. The molecule has 3 unspecified atom stereocenters. The number of piperidine rings is 1. The monoisotopic (exact) mass is 299 g/mol. The van der Waals surface area contributed by atoms with Crippen LogP contribution in [0.5, 0.6) is 0 Å². The number of carbonyl (C=O) groups is 2. The van der Waals surface area contributed by atoms with Gasteiger partial charge in [0.15, 0.2) is 0 Å². The molecule has 3 atom stereocenters. The van der Waals surface area contributed by atoms with Crippen molar-refractivity contribution in [3.05, 3.63) is 0 Å². The van der Waals surface area contributed by atoms with Crippen LogP contribution in [0.4, 0.5) is 4.79 Å². The molecule has 3 N–H and O–H groups in total. The Morgan fingerprint density at radius 1 is 1.29 bits per heavy atom. The molecule has 2 fully saturated rings. The van der Waals surface area contributed by atoms with Crippen molar-refractivity contribution in [3.8, 4) is 0 Å². The third-order valence-electron chi connectivity index (χ3n) is 4.07. The highest BCUT2D eigenvalue weighted by Gasteiger charge is 2.35. The van der Waals surface area contributed by atoms with Gasteiger partial charge in [-0.1, -0.05) is 6.42 Å². The number of nitrogens with one attached hydrogen (secondary N) is 2. The quantitative estimate of drug-likeness (QED) is 0.677. The Bertz CT molecular complexity index is 371. The van der Waals surface area contributed by atoms with Gasteiger partial charge < -0.3 is 25.4 Å². The predicted octanol–water partition coefficient (Wildman–Crippen LogP) is 0.260. The Morgan fingerprint density at radius 3 is 2.67 bits per heavy atom. The zero-order valence-corrected chi connectivity index (χ0v) is 12.5. The fourth-order valence-corrected chi connectivity index (χ4v) is 2.95. The van der Waals surface area contributed by atoms with E-state index in [4.69, 9.17) is 9.84 Å². The third kappa shape index (κ3) is 4.86. The molecule has 0 aromatic heterocycles. The van der Waals surface area contributed by atoms with Crippen molar-refractivity contribution in [2.75, 3.05) is 32.8 Å². The number of amides is 2. The topological polar surface area (TPSA) is 90.9 Å². The second-order valence-corrected chi connectivity index (χ2v) is 5.97. The standard InChI is InChI=1S/C14H25N3O4/c1-10(7-17-5-3-2-4-6-17)15-14(20)16-12-9-21-8-11(12)13(18)19/h10-12H,2-9H2,1H3,(H,18,19)(H2,15,16,20). The van der Waals surface area contributed by atoms with Gasteiger partial charge in [-0.2, -0.15) is 0 Å². The molecule has 2 saturated heterocycles. The van der Waals surface area contributed by atoms with E-state index in [0.717, 1.165) is 19.6 Å². The van der Waals surface area contributed by atoms with Crippen LogP contribution in [-0.4, -0.2) is 66.9 Å². The first-order valence-electron chi connectivity index (χ1n) is 7.66. The van der Waals surface area contributed by atoms with E-state index in [-0.39, 0.29) is 25.3 Å². The molecule has 2 amide bonds. The number of aliphatic carboxylic acids is 1. The van der Waals surface area contributed by atoms with Gasteiger partial charge in [0.05, 0.1) is 19.3 Å². The van der Waals surface area contributed by atoms with Gasteiger partial charge >= 0.3 is 12.0 Å². The number of hydrogen-bond donors (Lipinski definition) is 3. The Morgan fingerprint density at radius 2 is 2.00 bits per heavy atom. The maximum absolute atomic E-state index is 11.9. The molecule has 2 rings (SSSR count).